The molecular weight excluding hydrogens is 258 g/mol. The van der Waals surface area contributed by atoms with Gasteiger partial charge in [-0.1, -0.05) is 25.4 Å². The van der Waals surface area contributed by atoms with Crippen LogP contribution >= 0.6 is 11.6 Å². The summed E-state index contributed by atoms with van der Waals surface area (Å²) in [7, 11) is 0. The van der Waals surface area contributed by atoms with Crippen LogP contribution < -0.4 is 5.32 Å². The van der Waals surface area contributed by atoms with Crippen molar-refractivity contribution in [2.24, 2.45) is 5.92 Å². The minimum absolute atomic E-state index is 0.0572. The van der Waals surface area contributed by atoms with Gasteiger partial charge in [0.15, 0.2) is 0 Å². The van der Waals surface area contributed by atoms with E-state index in [0.717, 1.165) is 6.20 Å². The third-order valence-electron chi connectivity index (χ3n) is 2.90. The summed E-state index contributed by atoms with van der Waals surface area (Å²) in [6, 6.07) is 1.22. The van der Waals surface area contributed by atoms with E-state index in [1.807, 2.05) is 13.8 Å². The van der Waals surface area contributed by atoms with Crippen molar-refractivity contribution in [3.8, 4) is 0 Å². The Balaban J connectivity index is 2.78. The lowest BCUT2D eigenvalue weighted by molar-refractivity contribution is -0.385. The third kappa shape index (κ3) is 3.54. The molecule has 1 rings (SSSR count). The minimum Gasteiger partial charge on any atom is -0.388 e. The van der Waals surface area contributed by atoms with Gasteiger partial charge < -0.3 is 10.4 Å². The quantitative estimate of drug-likeness (QED) is 0.635. The fourth-order valence-corrected chi connectivity index (χ4v) is 1.35. The lowest BCUT2D eigenvalue weighted by Crippen LogP contribution is -2.38. The fraction of sp³-hybridized carbons (Fsp3) is 0.545. The van der Waals surface area contributed by atoms with Crippen LogP contribution in [0.4, 0.5) is 11.5 Å². The third-order valence-corrected chi connectivity index (χ3v) is 3.18. The van der Waals surface area contributed by atoms with Crippen LogP contribution in [-0.2, 0) is 0 Å². The Bertz CT molecular complexity index is 449. The van der Waals surface area contributed by atoms with Gasteiger partial charge in [-0.05, 0) is 12.8 Å². The highest BCUT2D eigenvalue weighted by molar-refractivity contribution is 6.33. The summed E-state index contributed by atoms with van der Waals surface area (Å²) in [5.41, 5.74) is -1.08. The lowest BCUT2D eigenvalue weighted by atomic mass is 9.93. The molecule has 0 spiro atoms. The fourth-order valence-electron chi connectivity index (χ4n) is 1.12. The monoisotopic (exact) mass is 273 g/mol. The van der Waals surface area contributed by atoms with E-state index in [9.17, 15) is 15.2 Å². The van der Waals surface area contributed by atoms with Crippen molar-refractivity contribution in [2.75, 3.05) is 11.9 Å². The second-order valence-electron chi connectivity index (χ2n) is 4.65. The van der Waals surface area contributed by atoms with Crippen LogP contribution in [0.5, 0.6) is 0 Å². The van der Waals surface area contributed by atoms with Crippen LogP contribution in [0.3, 0.4) is 0 Å². The normalized spacial score (nSPS) is 14.3. The summed E-state index contributed by atoms with van der Waals surface area (Å²) in [6.45, 7) is 5.75. The topological polar surface area (TPSA) is 88.3 Å². The number of aromatic nitrogens is 1. The van der Waals surface area contributed by atoms with Crippen molar-refractivity contribution in [3.63, 3.8) is 0 Å². The van der Waals surface area contributed by atoms with Gasteiger partial charge in [0.05, 0.1) is 15.5 Å². The summed E-state index contributed by atoms with van der Waals surface area (Å²) in [4.78, 5) is 13.8. The van der Waals surface area contributed by atoms with Gasteiger partial charge >= 0.3 is 0 Å². The van der Waals surface area contributed by atoms with Gasteiger partial charge in [-0.15, -0.1) is 0 Å². The Morgan fingerprint density at radius 3 is 2.72 bits per heavy atom. The van der Waals surface area contributed by atoms with Gasteiger partial charge in [0, 0.05) is 12.6 Å². The van der Waals surface area contributed by atoms with Crippen LogP contribution in [0.25, 0.3) is 0 Å². The molecule has 1 atom stereocenters. The molecule has 0 radical (unpaired) electrons. The molecule has 0 amide bonds. The van der Waals surface area contributed by atoms with Gasteiger partial charge in [0.25, 0.3) is 5.69 Å². The Morgan fingerprint density at radius 1 is 1.67 bits per heavy atom. The van der Waals surface area contributed by atoms with E-state index in [1.165, 1.54) is 6.07 Å². The van der Waals surface area contributed by atoms with Crippen molar-refractivity contribution in [1.29, 1.82) is 0 Å². The maximum absolute atomic E-state index is 10.5. The Labute approximate surface area is 110 Å². The summed E-state index contributed by atoms with van der Waals surface area (Å²) in [5, 5.41) is 23.6. The first-order valence-corrected chi connectivity index (χ1v) is 5.88. The number of anilines is 1. The number of hydrogen-bond donors (Lipinski definition) is 2. The first-order chi connectivity index (χ1) is 8.24. The van der Waals surface area contributed by atoms with E-state index < -0.39 is 10.5 Å². The van der Waals surface area contributed by atoms with E-state index in [0.29, 0.717) is 5.82 Å². The number of nitrogens with one attached hydrogen (secondary N) is 1. The van der Waals surface area contributed by atoms with Crippen LogP contribution in [0.2, 0.25) is 5.02 Å². The zero-order chi connectivity index (χ0) is 13.9. The van der Waals surface area contributed by atoms with Crippen molar-refractivity contribution in [3.05, 3.63) is 27.4 Å². The zero-order valence-electron chi connectivity index (χ0n) is 10.5. The average Bonchev–Trinajstić information content (AvgIpc) is 2.26. The predicted molar refractivity (Wildman–Crippen MR) is 69.9 cm³/mol. The molecule has 1 aromatic rings. The van der Waals surface area contributed by atoms with E-state index in [-0.39, 0.29) is 23.2 Å². The van der Waals surface area contributed by atoms with Crippen LogP contribution in [0.15, 0.2) is 12.3 Å². The summed E-state index contributed by atoms with van der Waals surface area (Å²) in [5.74, 6) is 0.380. The van der Waals surface area contributed by atoms with E-state index in [1.54, 1.807) is 6.92 Å². The van der Waals surface area contributed by atoms with Gasteiger partial charge in [0.1, 0.15) is 12.0 Å². The highest BCUT2D eigenvalue weighted by Crippen LogP contribution is 2.25. The number of halogens is 1. The molecule has 0 bridgehead atoms. The molecule has 0 aliphatic carbocycles. The molecule has 1 unspecified atom stereocenters. The van der Waals surface area contributed by atoms with Crippen molar-refractivity contribution in [1.82, 2.24) is 4.98 Å². The molecule has 0 aromatic carbocycles. The molecule has 100 valence electrons. The molecule has 2 N–H and O–H groups in total. The lowest BCUT2D eigenvalue weighted by Gasteiger charge is -2.28. The molecule has 1 aromatic heterocycles. The maximum atomic E-state index is 10.5. The van der Waals surface area contributed by atoms with E-state index >= 15 is 0 Å². The standard InChI is InChI=1S/C11H16ClN3O3/c1-7(2)11(3,16)6-14-10-9(12)4-8(5-13-10)15(17)18/h4-5,7,16H,6H2,1-3H3,(H,13,14). The second-order valence-corrected chi connectivity index (χ2v) is 5.05. The van der Waals surface area contributed by atoms with E-state index in [2.05, 4.69) is 10.3 Å². The summed E-state index contributed by atoms with van der Waals surface area (Å²) >= 11 is 5.87. The number of nitro groups is 1. The van der Waals surface area contributed by atoms with Crippen molar-refractivity contribution >= 4 is 23.1 Å². The smallest absolute Gasteiger partial charge is 0.289 e. The van der Waals surface area contributed by atoms with Crippen LogP contribution in [0.1, 0.15) is 20.8 Å². The summed E-state index contributed by atoms with van der Waals surface area (Å²) < 4.78 is 0. The molecular formula is C11H16ClN3O3. The van der Waals surface area contributed by atoms with Crippen LogP contribution in [0, 0.1) is 16.0 Å². The number of rotatable bonds is 5. The maximum Gasteiger partial charge on any atom is 0.289 e. The van der Waals surface area contributed by atoms with Crippen LogP contribution in [-0.4, -0.2) is 27.2 Å². The number of aliphatic hydroxyl groups is 1. The predicted octanol–water partition coefficient (Wildman–Crippen LogP) is 2.46. The molecule has 0 aliphatic rings. The van der Waals surface area contributed by atoms with Crippen molar-refractivity contribution in [2.45, 2.75) is 26.4 Å². The highest BCUT2D eigenvalue weighted by atomic mass is 35.5. The number of hydrogen-bond acceptors (Lipinski definition) is 5. The highest BCUT2D eigenvalue weighted by Gasteiger charge is 2.25. The second kappa shape index (κ2) is 5.49. The van der Waals surface area contributed by atoms with Gasteiger partial charge in [0.2, 0.25) is 0 Å². The zero-order valence-corrected chi connectivity index (χ0v) is 11.2. The first kappa shape index (κ1) is 14.7. The van der Waals surface area contributed by atoms with Gasteiger partial charge in [-0.3, -0.25) is 10.1 Å². The SMILES string of the molecule is CC(C)C(C)(O)CNc1ncc([N+](=O)[O-])cc1Cl. The van der Waals surface area contributed by atoms with E-state index in [4.69, 9.17) is 11.6 Å². The number of pyridine rings is 1. The molecule has 1 heterocycles. The molecule has 0 aliphatic heterocycles. The minimum atomic E-state index is -0.910. The Morgan fingerprint density at radius 2 is 2.28 bits per heavy atom. The number of nitrogens with zero attached hydrogens (tertiary/aromatic N) is 2. The Kier molecular flexibility index (Phi) is 4.48. The molecule has 0 saturated carbocycles. The van der Waals surface area contributed by atoms with Gasteiger partial charge in [-0.2, -0.15) is 0 Å². The largest absolute Gasteiger partial charge is 0.388 e. The van der Waals surface area contributed by atoms with Gasteiger partial charge in [-0.25, -0.2) is 4.98 Å². The molecule has 7 heteroatoms. The average molecular weight is 274 g/mol. The molecule has 18 heavy (non-hydrogen) atoms. The Hall–Kier alpha value is -1.40. The molecule has 0 saturated heterocycles. The first-order valence-electron chi connectivity index (χ1n) is 5.50. The van der Waals surface area contributed by atoms with Crippen molar-refractivity contribution < 1.29 is 10.0 Å². The molecule has 6 nitrogen and oxygen atoms in total. The summed E-state index contributed by atoms with van der Waals surface area (Å²) in [6.07, 6.45) is 1.12. The molecule has 0 fully saturated rings.